The Balaban J connectivity index is 1.60. The van der Waals surface area contributed by atoms with Crippen molar-refractivity contribution in [2.24, 2.45) is 17.8 Å². The maximum atomic E-state index is 5.75. The van der Waals surface area contributed by atoms with Crippen molar-refractivity contribution in [1.29, 1.82) is 0 Å². The molecular formula is C14H21N3O. The van der Waals surface area contributed by atoms with Crippen molar-refractivity contribution in [3.63, 3.8) is 0 Å². The number of nitrogens with zero attached hydrogens (tertiary/aromatic N) is 1. The molecule has 0 saturated heterocycles. The number of hydrogen-bond acceptors (Lipinski definition) is 4. The van der Waals surface area contributed by atoms with Crippen molar-refractivity contribution in [1.82, 2.24) is 4.98 Å². The maximum Gasteiger partial charge on any atom is 0.238 e. The van der Waals surface area contributed by atoms with Crippen LogP contribution in [0.25, 0.3) is 0 Å². The lowest BCUT2D eigenvalue weighted by Gasteiger charge is -2.22. The average Bonchev–Trinajstić information content (AvgIpc) is 3.00. The van der Waals surface area contributed by atoms with Crippen LogP contribution in [-0.4, -0.2) is 18.6 Å². The Morgan fingerprint density at radius 1 is 1.39 bits per heavy atom. The van der Waals surface area contributed by atoms with Gasteiger partial charge in [-0.05, 0) is 49.1 Å². The van der Waals surface area contributed by atoms with Gasteiger partial charge in [0, 0.05) is 6.54 Å². The molecule has 1 aromatic heterocycles. The van der Waals surface area contributed by atoms with Crippen molar-refractivity contribution in [3.05, 3.63) is 12.1 Å². The second kappa shape index (κ2) is 4.67. The number of rotatable bonds is 4. The van der Waals surface area contributed by atoms with Crippen LogP contribution in [0.15, 0.2) is 12.1 Å². The van der Waals surface area contributed by atoms with Crippen LogP contribution in [0.1, 0.15) is 25.7 Å². The highest BCUT2D eigenvalue weighted by molar-refractivity contribution is 5.53. The molecule has 0 aromatic carbocycles. The number of anilines is 2. The summed E-state index contributed by atoms with van der Waals surface area (Å²) in [4.78, 5) is 4.36. The zero-order chi connectivity index (χ0) is 12.5. The second-order valence-electron chi connectivity index (χ2n) is 5.61. The van der Waals surface area contributed by atoms with Crippen molar-refractivity contribution in [2.45, 2.75) is 25.7 Å². The number of aromatic nitrogens is 1. The Kier molecular flexibility index (Phi) is 3.02. The molecule has 3 N–H and O–H groups in total. The average molecular weight is 247 g/mol. The van der Waals surface area contributed by atoms with Gasteiger partial charge in [0.15, 0.2) is 0 Å². The van der Waals surface area contributed by atoms with Crippen LogP contribution in [0.4, 0.5) is 11.5 Å². The molecule has 0 amide bonds. The number of nitrogens with two attached hydrogens (primary N) is 1. The Morgan fingerprint density at radius 2 is 2.28 bits per heavy atom. The fourth-order valence-electron chi connectivity index (χ4n) is 3.58. The summed E-state index contributed by atoms with van der Waals surface area (Å²) in [5.74, 6) is 4.14. The van der Waals surface area contributed by atoms with Crippen LogP contribution in [0.2, 0.25) is 0 Å². The quantitative estimate of drug-likeness (QED) is 0.858. The third-order valence-corrected chi connectivity index (χ3v) is 4.51. The maximum absolute atomic E-state index is 5.75. The van der Waals surface area contributed by atoms with Crippen molar-refractivity contribution in [3.8, 4) is 5.88 Å². The number of ether oxygens (including phenoxy) is 1. The first-order valence-electron chi connectivity index (χ1n) is 6.80. The lowest BCUT2D eigenvalue weighted by atomic mass is 9.89. The van der Waals surface area contributed by atoms with Gasteiger partial charge in [-0.2, -0.15) is 4.98 Å². The molecule has 3 unspecified atom stereocenters. The van der Waals surface area contributed by atoms with E-state index in [1.807, 2.05) is 12.1 Å². The van der Waals surface area contributed by atoms with Gasteiger partial charge in [-0.3, -0.25) is 0 Å². The summed E-state index contributed by atoms with van der Waals surface area (Å²) in [6, 6.07) is 3.76. The van der Waals surface area contributed by atoms with E-state index in [-0.39, 0.29) is 0 Å². The summed E-state index contributed by atoms with van der Waals surface area (Å²) >= 11 is 0. The van der Waals surface area contributed by atoms with E-state index in [1.54, 1.807) is 7.11 Å². The number of fused-ring (bicyclic) bond motifs is 2. The van der Waals surface area contributed by atoms with E-state index in [1.165, 1.54) is 25.7 Å². The molecule has 4 heteroatoms. The molecule has 4 nitrogen and oxygen atoms in total. The van der Waals surface area contributed by atoms with Crippen LogP contribution in [0.5, 0.6) is 5.88 Å². The summed E-state index contributed by atoms with van der Waals surface area (Å²) in [6.45, 7) is 1.03. The standard InChI is InChI=1S/C14H21N3O/c1-18-14-12(15)4-5-13(17-14)16-8-11-7-9-2-3-10(11)6-9/h4-5,9-11H,2-3,6-8,15H2,1H3,(H,16,17). The van der Waals surface area contributed by atoms with E-state index < -0.39 is 0 Å². The van der Waals surface area contributed by atoms with Crippen LogP contribution < -0.4 is 15.8 Å². The normalized spacial score (nSPS) is 29.5. The molecule has 2 saturated carbocycles. The molecule has 1 aromatic rings. The smallest absolute Gasteiger partial charge is 0.238 e. The summed E-state index contributed by atoms with van der Waals surface area (Å²) in [5, 5.41) is 3.43. The Bertz CT molecular complexity index is 435. The van der Waals surface area contributed by atoms with Gasteiger partial charge in [-0.15, -0.1) is 0 Å². The minimum absolute atomic E-state index is 0.507. The van der Waals surface area contributed by atoms with E-state index in [2.05, 4.69) is 10.3 Å². The molecule has 3 atom stereocenters. The molecule has 0 radical (unpaired) electrons. The highest BCUT2D eigenvalue weighted by Crippen LogP contribution is 2.48. The predicted molar refractivity (Wildman–Crippen MR) is 72.6 cm³/mol. The number of hydrogen-bond donors (Lipinski definition) is 2. The van der Waals surface area contributed by atoms with Crippen LogP contribution in [-0.2, 0) is 0 Å². The van der Waals surface area contributed by atoms with E-state index in [4.69, 9.17) is 10.5 Å². The first-order chi connectivity index (χ1) is 8.76. The molecule has 0 aliphatic heterocycles. The first kappa shape index (κ1) is 11.6. The lowest BCUT2D eigenvalue weighted by molar-refractivity contribution is 0.348. The highest BCUT2D eigenvalue weighted by Gasteiger charge is 2.39. The van der Waals surface area contributed by atoms with Gasteiger partial charge < -0.3 is 15.8 Å². The second-order valence-corrected chi connectivity index (χ2v) is 5.61. The van der Waals surface area contributed by atoms with E-state index in [9.17, 15) is 0 Å². The van der Waals surface area contributed by atoms with Gasteiger partial charge in [0.05, 0.1) is 12.8 Å². The molecular weight excluding hydrogens is 226 g/mol. The van der Waals surface area contributed by atoms with Crippen LogP contribution >= 0.6 is 0 Å². The molecule has 3 rings (SSSR count). The third-order valence-electron chi connectivity index (χ3n) is 4.51. The zero-order valence-corrected chi connectivity index (χ0v) is 10.9. The van der Waals surface area contributed by atoms with Gasteiger partial charge in [-0.1, -0.05) is 6.42 Å². The molecule has 2 fully saturated rings. The van der Waals surface area contributed by atoms with Gasteiger partial charge in [0.2, 0.25) is 5.88 Å². The van der Waals surface area contributed by atoms with Crippen LogP contribution in [0.3, 0.4) is 0 Å². The highest BCUT2D eigenvalue weighted by atomic mass is 16.5. The van der Waals surface area contributed by atoms with E-state index in [0.29, 0.717) is 11.6 Å². The van der Waals surface area contributed by atoms with Gasteiger partial charge in [0.1, 0.15) is 5.82 Å². The number of pyridine rings is 1. The number of nitrogen functional groups attached to an aromatic ring is 1. The van der Waals surface area contributed by atoms with Crippen LogP contribution in [0, 0.1) is 17.8 Å². The van der Waals surface area contributed by atoms with Gasteiger partial charge >= 0.3 is 0 Å². The Hall–Kier alpha value is -1.45. The first-order valence-corrected chi connectivity index (χ1v) is 6.80. The Labute approximate surface area is 108 Å². The van der Waals surface area contributed by atoms with Gasteiger partial charge in [0.25, 0.3) is 0 Å². The molecule has 98 valence electrons. The molecule has 0 spiro atoms. The molecule has 18 heavy (non-hydrogen) atoms. The van der Waals surface area contributed by atoms with Crippen molar-refractivity contribution in [2.75, 3.05) is 24.7 Å². The summed E-state index contributed by atoms with van der Waals surface area (Å²) in [6.07, 6.45) is 5.72. The van der Waals surface area contributed by atoms with Gasteiger partial charge in [-0.25, -0.2) is 0 Å². The molecule has 1 heterocycles. The van der Waals surface area contributed by atoms with E-state index >= 15 is 0 Å². The molecule has 2 aliphatic rings. The third kappa shape index (κ3) is 2.11. The molecule has 2 aliphatic carbocycles. The summed E-state index contributed by atoms with van der Waals surface area (Å²) < 4.78 is 5.13. The lowest BCUT2D eigenvalue weighted by Crippen LogP contribution is -2.20. The van der Waals surface area contributed by atoms with Crippen molar-refractivity contribution < 1.29 is 4.74 Å². The topological polar surface area (TPSA) is 60.2 Å². The van der Waals surface area contributed by atoms with Crippen molar-refractivity contribution >= 4 is 11.5 Å². The number of nitrogens with one attached hydrogen (secondary N) is 1. The monoisotopic (exact) mass is 247 g/mol. The molecule has 2 bridgehead atoms. The fourth-order valence-corrected chi connectivity index (χ4v) is 3.58. The fraction of sp³-hybridized carbons (Fsp3) is 0.643. The number of methoxy groups -OCH3 is 1. The summed E-state index contributed by atoms with van der Waals surface area (Å²) in [7, 11) is 1.60. The van der Waals surface area contributed by atoms with E-state index in [0.717, 1.165) is 30.1 Å². The summed E-state index contributed by atoms with van der Waals surface area (Å²) in [5.41, 5.74) is 6.34. The zero-order valence-electron chi connectivity index (χ0n) is 10.9. The Morgan fingerprint density at radius 3 is 2.94 bits per heavy atom. The largest absolute Gasteiger partial charge is 0.479 e. The minimum atomic E-state index is 0.507. The minimum Gasteiger partial charge on any atom is -0.479 e. The predicted octanol–water partition coefficient (Wildman–Crippen LogP) is 2.52. The SMILES string of the molecule is COc1nc(NCC2CC3CCC2C3)ccc1N.